The molecule has 116 valence electrons. The Morgan fingerprint density at radius 1 is 1.45 bits per heavy atom. The minimum atomic E-state index is -3.23. The molecule has 1 aromatic carbocycles. The zero-order valence-electron chi connectivity index (χ0n) is 12.0. The Morgan fingerprint density at radius 3 is 2.77 bits per heavy atom. The van der Waals surface area contributed by atoms with E-state index < -0.39 is 17.5 Å². The average molecular weight is 325 g/mol. The number of amides is 2. The summed E-state index contributed by atoms with van der Waals surface area (Å²) >= 11 is 5.77. The Kier molecular flexibility index (Phi) is 3.53. The predicted molar refractivity (Wildman–Crippen MR) is 81.0 cm³/mol. The fourth-order valence-corrected chi connectivity index (χ4v) is 2.65. The van der Waals surface area contributed by atoms with Crippen LogP contribution in [0.15, 0.2) is 18.2 Å². The number of carbonyl (C=O) groups is 1. The van der Waals surface area contributed by atoms with Crippen LogP contribution in [0, 0.1) is 17.8 Å². The summed E-state index contributed by atoms with van der Waals surface area (Å²) in [6.45, 7) is 0.777. The van der Waals surface area contributed by atoms with Crippen molar-refractivity contribution in [1.29, 1.82) is 0 Å². The van der Waals surface area contributed by atoms with Crippen molar-refractivity contribution >= 4 is 23.3 Å². The summed E-state index contributed by atoms with van der Waals surface area (Å²) in [5, 5.41) is 4.89. The molecule has 3 rings (SSSR count). The summed E-state index contributed by atoms with van der Waals surface area (Å²) in [5.41, 5.74) is -0.681. The minimum Gasteiger partial charge on any atom is -0.312 e. The van der Waals surface area contributed by atoms with Crippen LogP contribution in [0.2, 0.25) is 0 Å². The van der Waals surface area contributed by atoms with Gasteiger partial charge in [-0.15, -0.1) is 11.6 Å². The Bertz CT molecular complexity index is 686. The van der Waals surface area contributed by atoms with Crippen molar-refractivity contribution in [3.63, 3.8) is 0 Å². The van der Waals surface area contributed by atoms with Gasteiger partial charge in [-0.2, -0.15) is 0 Å². The molecule has 2 N–H and O–H groups in total. The molecule has 1 aliphatic carbocycles. The Labute approximate surface area is 132 Å². The first-order valence-corrected chi connectivity index (χ1v) is 7.58. The lowest BCUT2D eigenvalue weighted by molar-refractivity contribution is -0.0464. The number of anilines is 1. The van der Waals surface area contributed by atoms with Crippen LogP contribution in [0.25, 0.3) is 0 Å². The quantitative estimate of drug-likeness (QED) is 0.630. The first-order chi connectivity index (χ1) is 10.4. The first kappa shape index (κ1) is 15.1. The molecular formula is C16H15ClF2N2O. The molecule has 0 spiro atoms. The maximum Gasteiger partial charge on any atom is 0.320 e. The van der Waals surface area contributed by atoms with Crippen LogP contribution in [0.3, 0.4) is 0 Å². The van der Waals surface area contributed by atoms with E-state index in [9.17, 15) is 13.6 Å². The van der Waals surface area contributed by atoms with Gasteiger partial charge in [-0.3, -0.25) is 0 Å². The number of rotatable bonds is 2. The summed E-state index contributed by atoms with van der Waals surface area (Å²) < 4.78 is 28.8. The number of hydrogen-bond acceptors (Lipinski definition) is 1. The zero-order valence-corrected chi connectivity index (χ0v) is 12.7. The Morgan fingerprint density at radius 2 is 2.18 bits per heavy atom. The molecule has 1 saturated carbocycles. The van der Waals surface area contributed by atoms with Crippen LogP contribution < -0.4 is 10.6 Å². The van der Waals surface area contributed by atoms with E-state index in [1.807, 2.05) is 0 Å². The maximum atomic E-state index is 14.4. The summed E-state index contributed by atoms with van der Waals surface area (Å²) in [4.78, 5) is 11.9. The fraction of sp³-hybridized carbons (Fsp3) is 0.438. The van der Waals surface area contributed by atoms with Crippen LogP contribution in [0.5, 0.6) is 0 Å². The van der Waals surface area contributed by atoms with Gasteiger partial charge in [-0.05, 0) is 24.5 Å². The zero-order chi connectivity index (χ0) is 16.0. The molecule has 1 aromatic rings. The monoisotopic (exact) mass is 324 g/mol. The second-order valence-corrected chi connectivity index (χ2v) is 6.04. The smallest absolute Gasteiger partial charge is 0.312 e. The molecule has 2 amide bonds. The number of alkyl halides is 3. The molecule has 1 fully saturated rings. The van der Waals surface area contributed by atoms with E-state index in [1.165, 1.54) is 0 Å². The molecule has 6 heteroatoms. The third-order valence-corrected chi connectivity index (χ3v) is 4.20. The molecule has 1 atom stereocenters. The standard InChI is InChI=1S/C16H15ClF2N2O/c1-15(18,19)16(7-6-10-2-3-10)12-5-4-11(9-17)8-13(12)20-14(22)21-16/h4-5,8,10H,2-3,9H2,1H3,(H2,20,21,22). The van der Waals surface area contributed by atoms with Gasteiger partial charge in [0.15, 0.2) is 5.54 Å². The third kappa shape index (κ3) is 2.52. The highest BCUT2D eigenvalue weighted by Crippen LogP contribution is 2.43. The van der Waals surface area contributed by atoms with Crippen LogP contribution in [-0.2, 0) is 11.4 Å². The molecule has 0 aromatic heterocycles. The fourth-order valence-electron chi connectivity index (χ4n) is 2.49. The van der Waals surface area contributed by atoms with E-state index in [0.29, 0.717) is 5.69 Å². The van der Waals surface area contributed by atoms with E-state index in [4.69, 9.17) is 11.6 Å². The van der Waals surface area contributed by atoms with Crippen molar-refractivity contribution in [3.8, 4) is 11.8 Å². The van der Waals surface area contributed by atoms with Crippen molar-refractivity contribution in [3.05, 3.63) is 29.3 Å². The van der Waals surface area contributed by atoms with Gasteiger partial charge in [0.1, 0.15) is 0 Å². The van der Waals surface area contributed by atoms with Crippen molar-refractivity contribution < 1.29 is 13.6 Å². The number of halogens is 3. The van der Waals surface area contributed by atoms with Gasteiger partial charge in [0.05, 0.1) is 0 Å². The van der Waals surface area contributed by atoms with Crippen molar-refractivity contribution in [2.24, 2.45) is 5.92 Å². The number of fused-ring (bicyclic) bond motifs is 1. The van der Waals surface area contributed by atoms with Gasteiger partial charge in [0, 0.05) is 30.0 Å². The second kappa shape index (κ2) is 5.13. The normalized spacial score (nSPS) is 23.7. The molecule has 2 aliphatic rings. The molecule has 3 nitrogen and oxygen atoms in total. The van der Waals surface area contributed by atoms with Crippen molar-refractivity contribution in [2.45, 2.75) is 37.1 Å². The molecule has 22 heavy (non-hydrogen) atoms. The number of hydrogen-bond donors (Lipinski definition) is 2. The topological polar surface area (TPSA) is 41.1 Å². The molecule has 1 heterocycles. The van der Waals surface area contributed by atoms with E-state index in [1.54, 1.807) is 18.2 Å². The molecule has 0 bridgehead atoms. The van der Waals surface area contributed by atoms with E-state index in [-0.39, 0.29) is 17.4 Å². The van der Waals surface area contributed by atoms with Crippen LogP contribution >= 0.6 is 11.6 Å². The molecule has 0 radical (unpaired) electrons. The number of urea groups is 1. The number of benzene rings is 1. The first-order valence-electron chi connectivity index (χ1n) is 7.05. The SMILES string of the molecule is CC(F)(F)C1(C#CC2CC2)NC(=O)Nc2cc(CCl)ccc21. The lowest BCUT2D eigenvalue weighted by Gasteiger charge is -2.39. The average Bonchev–Trinajstić information content (AvgIpc) is 3.26. The van der Waals surface area contributed by atoms with Crippen LogP contribution in [0.4, 0.5) is 19.3 Å². The van der Waals surface area contributed by atoms with Crippen LogP contribution in [0.1, 0.15) is 30.9 Å². The number of nitrogens with one attached hydrogen (secondary N) is 2. The maximum absolute atomic E-state index is 14.4. The van der Waals surface area contributed by atoms with Gasteiger partial charge in [-0.1, -0.05) is 24.0 Å². The highest BCUT2D eigenvalue weighted by atomic mass is 35.5. The summed E-state index contributed by atoms with van der Waals surface area (Å²) in [6, 6.07) is 4.15. The van der Waals surface area contributed by atoms with Crippen molar-refractivity contribution in [1.82, 2.24) is 5.32 Å². The Hall–Kier alpha value is -1.80. The van der Waals surface area contributed by atoms with Gasteiger partial charge in [-0.25, -0.2) is 13.6 Å². The molecule has 0 saturated heterocycles. The molecule has 1 aliphatic heterocycles. The molecular weight excluding hydrogens is 310 g/mol. The highest BCUT2D eigenvalue weighted by molar-refractivity contribution is 6.17. The predicted octanol–water partition coefficient (Wildman–Crippen LogP) is 3.82. The van der Waals surface area contributed by atoms with Crippen molar-refractivity contribution in [2.75, 3.05) is 5.32 Å². The van der Waals surface area contributed by atoms with E-state index in [0.717, 1.165) is 25.3 Å². The lowest BCUT2D eigenvalue weighted by Crippen LogP contribution is -2.59. The Balaban J connectivity index is 2.18. The summed E-state index contributed by atoms with van der Waals surface area (Å²) in [5.74, 6) is 2.67. The summed E-state index contributed by atoms with van der Waals surface area (Å²) in [6.07, 6.45) is 1.84. The second-order valence-electron chi connectivity index (χ2n) is 5.77. The van der Waals surface area contributed by atoms with Crippen LogP contribution in [-0.4, -0.2) is 12.0 Å². The minimum absolute atomic E-state index is 0.150. The third-order valence-electron chi connectivity index (χ3n) is 3.89. The van der Waals surface area contributed by atoms with Gasteiger partial charge < -0.3 is 10.6 Å². The molecule has 1 unspecified atom stereocenters. The largest absolute Gasteiger partial charge is 0.320 e. The number of carbonyl (C=O) groups excluding carboxylic acids is 1. The van der Waals surface area contributed by atoms with Gasteiger partial charge in [0.2, 0.25) is 0 Å². The summed E-state index contributed by atoms with van der Waals surface area (Å²) in [7, 11) is 0. The lowest BCUT2D eigenvalue weighted by atomic mass is 9.81. The highest BCUT2D eigenvalue weighted by Gasteiger charge is 2.55. The van der Waals surface area contributed by atoms with Gasteiger partial charge >= 0.3 is 6.03 Å². The van der Waals surface area contributed by atoms with E-state index in [2.05, 4.69) is 22.5 Å². The van der Waals surface area contributed by atoms with Gasteiger partial charge in [0.25, 0.3) is 5.92 Å². The van der Waals surface area contributed by atoms with E-state index >= 15 is 0 Å².